The summed E-state index contributed by atoms with van der Waals surface area (Å²) in [6, 6.07) is 9.83. The van der Waals surface area contributed by atoms with Gasteiger partial charge in [-0.25, -0.2) is 29.5 Å². The number of fused-ring (bicyclic) bond motifs is 2. The maximum Gasteiger partial charge on any atom is 0.407 e. The number of imidazole rings is 2. The number of likely N-dealkylation sites (tertiary alicyclic amines) is 2. The number of H-pyrrole nitrogens is 2. The molecule has 2 aromatic carbocycles. The molecule has 4 amide bonds. The highest BCUT2D eigenvalue weighted by Crippen LogP contribution is 2.35. The Bertz CT molecular complexity index is 2090. The molecule has 3 aromatic heterocycles. The molecular weight excluding hydrogens is 717 g/mol. The van der Waals surface area contributed by atoms with Crippen LogP contribution in [0.1, 0.15) is 77.1 Å². The van der Waals surface area contributed by atoms with Gasteiger partial charge in [0.2, 0.25) is 11.8 Å². The van der Waals surface area contributed by atoms with Crippen LogP contribution in [0, 0.1) is 11.8 Å². The average molecular weight is 765 g/mol. The summed E-state index contributed by atoms with van der Waals surface area (Å²) >= 11 is 0. The van der Waals surface area contributed by atoms with Gasteiger partial charge < -0.3 is 39.9 Å². The van der Waals surface area contributed by atoms with Crippen molar-refractivity contribution < 1.29 is 28.7 Å². The summed E-state index contributed by atoms with van der Waals surface area (Å²) in [6.07, 6.45) is 5.48. The summed E-state index contributed by atoms with van der Waals surface area (Å²) < 4.78 is 9.52. The molecule has 4 atom stereocenters. The van der Waals surface area contributed by atoms with E-state index in [4.69, 9.17) is 29.4 Å². The molecule has 0 aliphatic carbocycles. The molecule has 16 heteroatoms. The number of aromatic nitrogens is 6. The van der Waals surface area contributed by atoms with Gasteiger partial charge in [0.25, 0.3) is 0 Å². The molecule has 294 valence electrons. The first kappa shape index (κ1) is 38.2. The van der Waals surface area contributed by atoms with Gasteiger partial charge in [0, 0.05) is 36.6 Å². The predicted octanol–water partition coefficient (Wildman–Crippen LogP) is 5.65. The van der Waals surface area contributed by atoms with Gasteiger partial charge in [0.05, 0.1) is 48.4 Å². The summed E-state index contributed by atoms with van der Waals surface area (Å²) in [7, 11) is 2.57. The monoisotopic (exact) mass is 764 g/mol. The number of hydrogen-bond donors (Lipinski definition) is 4. The Kier molecular flexibility index (Phi) is 10.9. The maximum absolute atomic E-state index is 13.6. The highest BCUT2D eigenvalue weighted by Gasteiger charge is 2.39. The zero-order valence-corrected chi connectivity index (χ0v) is 32.5. The quantitative estimate of drug-likeness (QED) is 0.138. The lowest BCUT2D eigenvalue weighted by molar-refractivity contribution is -0.136. The number of aromatic amines is 2. The number of ether oxygens (including phenoxy) is 2. The summed E-state index contributed by atoms with van der Waals surface area (Å²) in [6.45, 7) is 8.72. The summed E-state index contributed by atoms with van der Waals surface area (Å²) in [5.74, 6) is 1.39. The third-order valence-corrected chi connectivity index (χ3v) is 10.7. The highest BCUT2D eigenvalue weighted by atomic mass is 16.5. The molecule has 16 nitrogen and oxygen atoms in total. The van der Waals surface area contributed by atoms with Crippen LogP contribution in [0.4, 0.5) is 9.59 Å². The number of hydrogen-bond acceptors (Lipinski definition) is 10. The van der Waals surface area contributed by atoms with E-state index in [1.165, 1.54) is 14.2 Å². The van der Waals surface area contributed by atoms with Gasteiger partial charge in [-0.05, 0) is 73.4 Å². The van der Waals surface area contributed by atoms with E-state index >= 15 is 0 Å². The Morgan fingerprint density at radius 1 is 0.679 bits per heavy atom. The van der Waals surface area contributed by atoms with Crippen LogP contribution >= 0.6 is 0 Å². The first-order chi connectivity index (χ1) is 26.9. The minimum absolute atomic E-state index is 0.120. The third kappa shape index (κ3) is 7.59. The zero-order chi connectivity index (χ0) is 39.7. The van der Waals surface area contributed by atoms with Crippen molar-refractivity contribution in [3.8, 4) is 22.5 Å². The van der Waals surface area contributed by atoms with Crippen molar-refractivity contribution in [3.05, 3.63) is 60.4 Å². The van der Waals surface area contributed by atoms with Crippen molar-refractivity contribution >= 4 is 46.1 Å². The molecule has 0 saturated carbocycles. The second kappa shape index (κ2) is 16.0. The number of carbonyl (C=O) groups excluding carboxylic acids is 4. The van der Waals surface area contributed by atoms with Gasteiger partial charge in [0.1, 0.15) is 23.7 Å². The number of nitrogens with one attached hydrogen (secondary N) is 4. The number of alkyl carbamates (subject to hydrolysis) is 2. The van der Waals surface area contributed by atoms with E-state index in [0.717, 1.165) is 64.4 Å². The number of rotatable bonds is 10. The van der Waals surface area contributed by atoms with Gasteiger partial charge in [-0.1, -0.05) is 33.8 Å². The molecule has 0 radical (unpaired) electrons. The van der Waals surface area contributed by atoms with Crippen LogP contribution in [0.15, 0.2) is 48.8 Å². The Labute approximate surface area is 324 Å². The normalized spacial score (nSPS) is 18.1. The van der Waals surface area contributed by atoms with Crippen LogP contribution in [0.3, 0.4) is 0 Å². The first-order valence-corrected chi connectivity index (χ1v) is 19.1. The number of benzene rings is 2. The molecule has 0 bridgehead atoms. The lowest BCUT2D eigenvalue weighted by Crippen LogP contribution is -2.51. The van der Waals surface area contributed by atoms with Crippen molar-refractivity contribution in [2.24, 2.45) is 11.8 Å². The summed E-state index contributed by atoms with van der Waals surface area (Å²) in [5.41, 5.74) is 5.73. The molecule has 5 aromatic rings. The fourth-order valence-electron chi connectivity index (χ4n) is 7.70. The number of nitrogens with zero attached hydrogens (tertiary/aromatic N) is 6. The van der Waals surface area contributed by atoms with Crippen molar-refractivity contribution in [2.75, 3.05) is 27.3 Å². The van der Waals surface area contributed by atoms with E-state index in [0.29, 0.717) is 30.6 Å². The maximum atomic E-state index is 13.6. The third-order valence-electron chi connectivity index (χ3n) is 10.7. The Morgan fingerprint density at radius 2 is 1.12 bits per heavy atom. The molecule has 3 unspecified atom stereocenters. The Balaban J connectivity index is 1.06. The van der Waals surface area contributed by atoms with Crippen LogP contribution in [0.5, 0.6) is 0 Å². The topological polar surface area (TPSA) is 200 Å². The smallest absolute Gasteiger partial charge is 0.407 e. The van der Waals surface area contributed by atoms with E-state index in [-0.39, 0.29) is 35.7 Å². The average Bonchev–Trinajstić information content (AvgIpc) is 4.03. The Hall–Kier alpha value is -6.06. The van der Waals surface area contributed by atoms with Crippen LogP contribution in [-0.2, 0) is 19.1 Å². The molecule has 5 heterocycles. The molecule has 2 aliphatic rings. The van der Waals surface area contributed by atoms with Crippen LogP contribution in [0.25, 0.3) is 44.6 Å². The van der Waals surface area contributed by atoms with Gasteiger partial charge in [-0.2, -0.15) is 0 Å². The summed E-state index contributed by atoms with van der Waals surface area (Å²) in [4.78, 5) is 80.7. The molecule has 7 rings (SSSR count). The molecule has 0 spiro atoms. The predicted molar refractivity (Wildman–Crippen MR) is 208 cm³/mol. The van der Waals surface area contributed by atoms with E-state index in [2.05, 4.69) is 20.6 Å². The minimum atomic E-state index is -0.708. The van der Waals surface area contributed by atoms with Gasteiger partial charge in [-0.3, -0.25) is 9.59 Å². The second-order valence-corrected chi connectivity index (χ2v) is 15.1. The Morgan fingerprint density at radius 3 is 1.57 bits per heavy atom. The van der Waals surface area contributed by atoms with Crippen molar-refractivity contribution in [2.45, 2.75) is 77.5 Å². The van der Waals surface area contributed by atoms with Gasteiger partial charge in [-0.15, -0.1) is 0 Å². The number of carbonyl (C=O) groups is 4. The van der Waals surface area contributed by atoms with E-state index < -0.39 is 24.3 Å². The number of methoxy groups -OCH3 is 2. The molecule has 2 saturated heterocycles. The van der Waals surface area contributed by atoms with Crippen LogP contribution in [-0.4, -0.2) is 103 Å². The second-order valence-electron chi connectivity index (χ2n) is 15.1. The molecule has 2 fully saturated rings. The van der Waals surface area contributed by atoms with Gasteiger partial charge >= 0.3 is 12.2 Å². The van der Waals surface area contributed by atoms with Crippen molar-refractivity contribution in [1.29, 1.82) is 0 Å². The van der Waals surface area contributed by atoms with Gasteiger partial charge in [0.15, 0.2) is 5.82 Å². The van der Waals surface area contributed by atoms with Crippen LogP contribution < -0.4 is 10.6 Å². The van der Waals surface area contributed by atoms with E-state index in [1.54, 1.807) is 22.2 Å². The van der Waals surface area contributed by atoms with Crippen molar-refractivity contribution in [3.63, 3.8) is 0 Å². The van der Waals surface area contributed by atoms with E-state index in [1.807, 2.05) is 64.1 Å². The summed E-state index contributed by atoms with van der Waals surface area (Å²) in [5, 5.41) is 5.38. The van der Waals surface area contributed by atoms with Crippen LogP contribution in [0.2, 0.25) is 0 Å². The molecule has 2 aliphatic heterocycles. The molecular formula is C40H48N10O6. The lowest BCUT2D eigenvalue weighted by atomic mass is 10.0. The largest absolute Gasteiger partial charge is 0.453 e. The fraction of sp³-hybridized carbons (Fsp3) is 0.450. The van der Waals surface area contributed by atoms with Crippen molar-refractivity contribution in [1.82, 2.24) is 50.3 Å². The SMILES string of the molecule is COC(=O)NC(C(=O)N1CCCC1c1nc2ccc(-c3cnc(-c4ccc5nc(C6CCCN6C(=O)[C@@H](NC(=O)OC)C(C)C)[nH]c5c4)nc3)cc2[nH]1)C(C)C. The molecule has 4 N–H and O–H groups in total. The highest BCUT2D eigenvalue weighted by molar-refractivity contribution is 5.88. The molecule has 56 heavy (non-hydrogen) atoms. The fourth-order valence-corrected chi connectivity index (χ4v) is 7.70. The van der Waals surface area contributed by atoms with E-state index in [9.17, 15) is 19.2 Å². The lowest BCUT2D eigenvalue weighted by Gasteiger charge is -2.29. The zero-order valence-electron chi connectivity index (χ0n) is 32.5. The standard InChI is InChI=1S/C40H48N10O6/c1-21(2)32(47-39(53)55-5)37(51)49-15-7-9-30(49)35-43-26-13-11-23(17-28(26)45-35)25-19-41-34(42-20-25)24-12-14-27-29(18-24)46-36(44-27)31-10-8-16-50(31)38(52)33(22(3)4)48-40(54)56-6/h11-14,17-22,30-33H,7-10,15-16H2,1-6H3,(H,43,45)(H,44,46)(H,47,53)(H,48,54)/t30?,31?,32?,33-/m0/s1. The first-order valence-electron chi connectivity index (χ1n) is 19.1. The minimum Gasteiger partial charge on any atom is -0.453 e. The number of amides is 4.